The average molecular weight is 436 g/mol. The van der Waals surface area contributed by atoms with E-state index >= 15 is 0 Å². The van der Waals surface area contributed by atoms with Crippen molar-refractivity contribution in [3.8, 4) is 11.5 Å². The number of hydrogen-bond acceptors (Lipinski definition) is 5. The third-order valence-electron chi connectivity index (χ3n) is 4.81. The second-order valence-corrected chi connectivity index (χ2v) is 8.12. The summed E-state index contributed by atoms with van der Waals surface area (Å²) in [7, 11) is 0. The Bertz CT molecular complexity index is 932. The van der Waals surface area contributed by atoms with Gasteiger partial charge in [-0.25, -0.2) is 4.79 Å². The molecule has 0 aliphatic rings. The van der Waals surface area contributed by atoms with Gasteiger partial charge >= 0.3 is 5.97 Å². The SMILES string of the molecule is CCCCCCCCOc1ccc(C(=O)Oc2ccc(N=Cc3ccsc3)cc2)cc1. The molecular weight excluding hydrogens is 406 g/mol. The fraction of sp³-hybridized carbons (Fsp3) is 0.308. The molecule has 1 heterocycles. The number of benzene rings is 2. The number of hydrogen-bond donors (Lipinski definition) is 0. The number of esters is 1. The van der Waals surface area contributed by atoms with Crippen molar-refractivity contribution in [2.24, 2.45) is 4.99 Å². The second-order valence-electron chi connectivity index (χ2n) is 7.34. The maximum atomic E-state index is 12.4. The van der Waals surface area contributed by atoms with Crippen LogP contribution in [0.5, 0.6) is 11.5 Å². The van der Waals surface area contributed by atoms with E-state index < -0.39 is 5.97 Å². The topological polar surface area (TPSA) is 47.9 Å². The fourth-order valence-electron chi connectivity index (χ4n) is 3.02. The van der Waals surface area contributed by atoms with Gasteiger partial charge in [0.1, 0.15) is 11.5 Å². The summed E-state index contributed by atoms with van der Waals surface area (Å²) in [6, 6.07) is 16.2. The highest BCUT2D eigenvalue weighted by atomic mass is 32.1. The highest BCUT2D eigenvalue weighted by molar-refractivity contribution is 7.08. The smallest absolute Gasteiger partial charge is 0.343 e. The quantitative estimate of drug-likeness (QED) is 0.128. The molecule has 0 saturated carbocycles. The zero-order chi connectivity index (χ0) is 21.7. The van der Waals surface area contributed by atoms with Crippen molar-refractivity contribution in [1.29, 1.82) is 0 Å². The minimum atomic E-state index is -0.392. The largest absolute Gasteiger partial charge is 0.494 e. The van der Waals surface area contributed by atoms with Gasteiger partial charge in [0.2, 0.25) is 0 Å². The van der Waals surface area contributed by atoms with Crippen LogP contribution >= 0.6 is 11.3 Å². The van der Waals surface area contributed by atoms with Crippen LogP contribution in [0.4, 0.5) is 5.69 Å². The zero-order valence-corrected chi connectivity index (χ0v) is 18.8. The lowest BCUT2D eigenvalue weighted by molar-refractivity contribution is 0.0734. The second kappa shape index (κ2) is 12.7. The van der Waals surface area contributed by atoms with Crippen LogP contribution in [0.15, 0.2) is 70.3 Å². The highest BCUT2D eigenvalue weighted by Crippen LogP contribution is 2.20. The van der Waals surface area contributed by atoms with Gasteiger partial charge in [0.25, 0.3) is 0 Å². The fourth-order valence-corrected chi connectivity index (χ4v) is 3.63. The van der Waals surface area contributed by atoms with Gasteiger partial charge in [-0.05, 0) is 71.8 Å². The number of nitrogens with zero attached hydrogens (tertiary/aromatic N) is 1. The zero-order valence-electron chi connectivity index (χ0n) is 18.0. The Morgan fingerprint density at radius 2 is 1.61 bits per heavy atom. The van der Waals surface area contributed by atoms with Crippen LogP contribution < -0.4 is 9.47 Å². The summed E-state index contributed by atoms with van der Waals surface area (Å²) in [6.07, 6.45) is 9.21. The molecule has 2 aromatic carbocycles. The molecule has 0 unspecified atom stereocenters. The van der Waals surface area contributed by atoms with E-state index in [1.807, 2.05) is 47.3 Å². The van der Waals surface area contributed by atoms with Crippen LogP contribution in [-0.2, 0) is 0 Å². The van der Waals surface area contributed by atoms with E-state index in [9.17, 15) is 4.79 Å². The van der Waals surface area contributed by atoms with Crippen molar-refractivity contribution in [1.82, 2.24) is 0 Å². The molecule has 3 rings (SSSR count). The molecule has 0 bridgehead atoms. The van der Waals surface area contributed by atoms with Crippen LogP contribution in [-0.4, -0.2) is 18.8 Å². The predicted octanol–water partition coefficient (Wildman–Crippen LogP) is 7.46. The van der Waals surface area contributed by atoms with Gasteiger partial charge in [-0.15, -0.1) is 0 Å². The van der Waals surface area contributed by atoms with Crippen LogP contribution in [0, 0.1) is 0 Å². The van der Waals surface area contributed by atoms with E-state index in [-0.39, 0.29) is 0 Å². The normalized spacial score (nSPS) is 11.0. The summed E-state index contributed by atoms with van der Waals surface area (Å²) in [5.74, 6) is 0.873. The van der Waals surface area contributed by atoms with Gasteiger partial charge in [0.05, 0.1) is 17.9 Å². The number of thiophene rings is 1. The van der Waals surface area contributed by atoms with Crippen molar-refractivity contribution < 1.29 is 14.3 Å². The Kier molecular flexibility index (Phi) is 9.32. The van der Waals surface area contributed by atoms with E-state index in [0.717, 1.165) is 23.4 Å². The minimum absolute atomic E-state index is 0.392. The Hall–Kier alpha value is -2.92. The predicted molar refractivity (Wildman–Crippen MR) is 128 cm³/mol. The van der Waals surface area contributed by atoms with Crippen LogP contribution in [0.3, 0.4) is 0 Å². The van der Waals surface area contributed by atoms with E-state index in [4.69, 9.17) is 9.47 Å². The molecule has 0 aliphatic carbocycles. The third-order valence-corrected chi connectivity index (χ3v) is 5.51. The van der Waals surface area contributed by atoms with Crippen molar-refractivity contribution in [3.63, 3.8) is 0 Å². The minimum Gasteiger partial charge on any atom is -0.494 e. The highest BCUT2D eigenvalue weighted by Gasteiger charge is 2.09. The average Bonchev–Trinajstić information content (AvgIpc) is 3.32. The lowest BCUT2D eigenvalue weighted by Crippen LogP contribution is -2.08. The molecule has 5 heteroatoms. The maximum absolute atomic E-state index is 12.4. The van der Waals surface area contributed by atoms with Crippen LogP contribution in [0.1, 0.15) is 61.4 Å². The van der Waals surface area contributed by atoms with Gasteiger partial charge in [0.15, 0.2) is 0 Å². The first-order chi connectivity index (χ1) is 15.2. The number of ether oxygens (including phenoxy) is 2. The van der Waals surface area contributed by atoms with Gasteiger partial charge in [-0.2, -0.15) is 11.3 Å². The molecule has 0 atom stereocenters. The molecular formula is C26H29NO3S. The lowest BCUT2D eigenvalue weighted by Gasteiger charge is -2.08. The Morgan fingerprint density at radius 1 is 0.903 bits per heavy atom. The molecule has 1 aromatic heterocycles. The third kappa shape index (κ3) is 8.02. The first-order valence-electron chi connectivity index (χ1n) is 10.9. The summed E-state index contributed by atoms with van der Waals surface area (Å²) >= 11 is 1.63. The van der Waals surface area contributed by atoms with Crippen molar-refractivity contribution in [3.05, 3.63) is 76.5 Å². The molecule has 4 nitrogen and oxygen atoms in total. The molecule has 162 valence electrons. The van der Waals surface area contributed by atoms with Crippen LogP contribution in [0.25, 0.3) is 0 Å². The first kappa shape index (κ1) is 22.8. The van der Waals surface area contributed by atoms with Gasteiger partial charge < -0.3 is 9.47 Å². The van der Waals surface area contributed by atoms with E-state index in [1.165, 1.54) is 32.1 Å². The Morgan fingerprint density at radius 3 is 2.32 bits per heavy atom. The van der Waals surface area contributed by atoms with Crippen molar-refractivity contribution in [2.75, 3.05) is 6.61 Å². The molecule has 0 radical (unpaired) electrons. The van der Waals surface area contributed by atoms with Gasteiger partial charge in [-0.3, -0.25) is 4.99 Å². The van der Waals surface area contributed by atoms with Gasteiger partial charge in [-0.1, -0.05) is 39.0 Å². The van der Waals surface area contributed by atoms with E-state index in [1.54, 1.807) is 35.6 Å². The van der Waals surface area contributed by atoms with Crippen LogP contribution in [0.2, 0.25) is 0 Å². The first-order valence-corrected chi connectivity index (χ1v) is 11.8. The Labute approximate surface area is 188 Å². The number of rotatable bonds is 12. The number of carbonyl (C=O) groups excluding carboxylic acids is 1. The summed E-state index contributed by atoms with van der Waals surface area (Å²) in [4.78, 5) is 16.8. The summed E-state index contributed by atoms with van der Waals surface area (Å²) in [5, 5.41) is 4.04. The Balaban J connectivity index is 1.42. The summed E-state index contributed by atoms with van der Waals surface area (Å²) < 4.78 is 11.2. The van der Waals surface area contributed by atoms with E-state index in [2.05, 4.69) is 11.9 Å². The molecule has 0 amide bonds. The summed E-state index contributed by atoms with van der Waals surface area (Å²) in [6.45, 7) is 2.93. The molecule has 0 N–H and O–H groups in total. The molecule has 31 heavy (non-hydrogen) atoms. The standard InChI is InChI=1S/C26H29NO3S/c1-2-3-4-5-6-7-17-29-24-12-8-22(9-13-24)26(28)30-25-14-10-23(11-15-25)27-19-21-16-18-31-20-21/h8-16,18-20H,2-7,17H2,1H3. The molecule has 0 fully saturated rings. The van der Waals surface area contributed by atoms with Crippen molar-refractivity contribution >= 4 is 29.2 Å². The molecule has 0 aliphatic heterocycles. The number of carbonyl (C=O) groups is 1. The maximum Gasteiger partial charge on any atom is 0.343 e. The number of aliphatic imine (C=N–C) groups is 1. The monoisotopic (exact) mass is 435 g/mol. The summed E-state index contributed by atoms with van der Waals surface area (Å²) in [5.41, 5.74) is 2.37. The lowest BCUT2D eigenvalue weighted by atomic mass is 10.1. The van der Waals surface area contributed by atoms with E-state index in [0.29, 0.717) is 17.9 Å². The number of unbranched alkanes of at least 4 members (excludes halogenated alkanes) is 5. The van der Waals surface area contributed by atoms with Crippen molar-refractivity contribution in [2.45, 2.75) is 45.4 Å². The molecule has 0 spiro atoms. The molecule has 0 saturated heterocycles. The van der Waals surface area contributed by atoms with Gasteiger partial charge in [0, 0.05) is 11.8 Å². The molecule has 3 aromatic rings.